The lowest BCUT2D eigenvalue weighted by atomic mass is 9.90. The molecule has 1 saturated carbocycles. The third-order valence-electron chi connectivity index (χ3n) is 4.89. The van der Waals surface area contributed by atoms with E-state index in [4.69, 9.17) is 4.74 Å². The highest BCUT2D eigenvalue weighted by atomic mass is 16.5. The average molecular weight is 322 g/mol. The van der Waals surface area contributed by atoms with Gasteiger partial charge in [-0.1, -0.05) is 73.4 Å². The van der Waals surface area contributed by atoms with Crippen LogP contribution in [0, 0.1) is 12.8 Å². The summed E-state index contributed by atoms with van der Waals surface area (Å²) in [7, 11) is 0. The summed E-state index contributed by atoms with van der Waals surface area (Å²) in [5.74, 6) is 0.468. The summed E-state index contributed by atoms with van der Waals surface area (Å²) >= 11 is 0. The minimum absolute atomic E-state index is 0.108. The van der Waals surface area contributed by atoms with E-state index in [0.717, 1.165) is 5.56 Å². The van der Waals surface area contributed by atoms with E-state index in [1.807, 2.05) is 12.1 Å². The lowest BCUT2D eigenvalue weighted by Crippen LogP contribution is -2.17. The van der Waals surface area contributed by atoms with Gasteiger partial charge in [0.05, 0.1) is 13.0 Å². The predicted molar refractivity (Wildman–Crippen MR) is 97.9 cm³/mol. The van der Waals surface area contributed by atoms with Crippen molar-refractivity contribution >= 4 is 5.97 Å². The molecule has 2 aromatic carbocycles. The summed E-state index contributed by atoms with van der Waals surface area (Å²) in [4.78, 5) is 12.0. The first-order valence-corrected chi connectivity index (χ1v) is 9.02. The first-order valence-electron chi connectivity index (χ1n) is 9.02. The molecule has 2 aromatic rings. The summed E-state index contributed by atoms with van der Waals surface area (Å²) in [5, 5.41) is 0. The van der Waals surface area contributed by atoms with E-state index in [1.165, 1.54) is 48.8 Å². The molecule has 1 fully saturated rings. The van der Waals surface area contributed by atoms with Crippen molar-refractivity contribution in [2.75, 3.05) is 6.61 Å². The fourth-order valence-electron chi connectivity index (χ4n) is 3.34. The highest BCUT2D eigenvalue weighted by Gasteiger charge is 2.15. The number of aryl methyl sites for hydroxylation is 1. The number of esters is 1. The maximum atomic E-state index is 12.0. The first kappa shape index (κ1) is 16.8. The van der Waals surface area contributed by atoms with Crippen LogP contribution in [-0.2, 0) is 16.0 Å². The van der Waals surface area contributed by atoms with Gasteiger partial charge in [0.1, 0.15) is 0 Å². The quantitative estimate of drug-likeness (QED) is 0.696. The Hall–Kier alpha value is -2.09. The highest BCUT2D eigenvalue weighted by molar-refractivity contribution is 5.73. The minimum Gasteiger partial charge on any atom is -0.465 e. The van der Waals surface area contributed by atoms with E-state index in [2.05, 4.69) is 43.3 Å². The van der Waals surface area contributed by atoms with Crippen LogP contribution in [0.4, 0.5) is 0 Å². The Labute approximate surface area is 144 Å². The molecule has 0 radical (unpaired) electrons. The molecular formula is C22H26O2. The largest absolute Gasteiger partial charge is 0.465 e. The second-order valence-corrected chi connectivity index (χ2v) is 6.93. The number of benzene rings is 2. The Morgan fingerprint density at radius 3 is 2.12 bits per heavy atom. The van der Waals surface area contributed by atoms with Crippen LogP contribution in [-0.4, -0.2) is 12.6 Å². The van der Waals surface area contributed by atoms with Gasteiger partial charge in [-0.2, -0.15) is 0 Å². The number of hydrogen-bond acceptors (Lipinski definition) is 2. The molecule has 0 bridgehead atoms. The van der Waals surface area contributed by atoms with Gasteiger partial charge >= 0.3 is 5.97 Å². The van der Waals surface area contributed by atoms with E-state index in [1.54, 1.807) is 0 Å². The second-order valence-electron chi connectivity index (χ2n) is 6.93. The monoisotopic (exact) mass is 322 g/mol. The van der Waals surface area contributed by atoms with E-state index >= 15 is 0 Å². The van der Waals surface area contributed by atoms with E-state index < -0.39 is 0 Å². The van der Waals surface area contributed by atoms with Gasteiger partial charge in [-0.05, 0) is 42.4 Å². The van der Waals surface area contributed by atoms with Gasteiger partial charge in [0.15, 0.2) is 0 Å². The normalized spacial score (nSPS) is 15.2. The standard InChI is InChI=1S/C22H26O2/c1-17-7-11-20(12-8-17)21-13-9-18(10-14-21)15-22(23)24-16-19-5-3-2-4-6-19/h7-14,19H,2-6,15-16H2,1H3. The molecule has 2 nitrogen and oxygen atoms in total. The molecule has 0 N–H and O–H groups in total. The Morgan fingerprint density at radius 1 is 0.917 bits per heavy atom. The molecule has 126 valence electrons. The van der Waals surface area contributed by atoms with Crippen molar-refractivity contribution in [3.8, 4) is 11.1 Å². The van der Waals surface area contributed by atoms with Crippen molar-refractivity contribution in [3.63, 3.8) is 0 Å². The van der Waals surface area contributed by atoms with Gasteiger partial charge in [-0.15, -0.1) is 0 Å². The summed E-state index contributed by atoms with van der Waals surface area (Å²) in [5.41, 5.74) is 4.65. The van der Waals surface area contributed by atoms with Crippen molar-refractivity contribution in [3.05, 3.63) is 59.7 Å². The molecule has 24 heavy (non-hydrogen) atoms. The second kappa shape index (κ2) is 8.14. The number of carbonyl (C=O) groups excluding carboxylic acids is 1. The van der Waals surface area contributed by atoms with Crippen LogP contribution in [0.2, 0.25) is 0 Å². The van der Waals surface area contributed by atoms with Gasteiger partial charge in [0.25, 0.3) is 0 Å². The van der Waals surface area contributed by atoms with Gasteiger partial charge in [-0.3, -0.25) is 4.79 Å². The summed E-state index contributed by atoms with van der Waals surface area (Å²) < 4.78 is 5.47. The summed E-state index contributed by atoms with van der Waals surface area (Å²) in [6.45, 7) is 2.69. The smallest absolute Gasteiger partial charge is 0.310 e. The summed E-state index contributed by atoms with van der Waals surface area (Å²) in [6, 6.07) is 16.7. The zero-order valence-electron chi connectivity index (χ0n) is 14.5. The zero-order chi connectivity index (χ0) is 16.8. The van der Waals surface area contributed by atoms with Gasteiger partial charge < -0.3 is 4.74 Å². The predicted octanol–water partition coefficient (Wildman–Crippen LogP) is 5.33. The third-order valence-corrected chi connectivity index (χ3v) is 4.89. The number of ether oxygens (including phenoxy) is 1. The van der Waals surface area contributed by atoms with Crippen LogP contribution in [0.3, 0.4) is 0 Å². The molecule has 2 heteroatoms. The topological polar surface area (TPSA) is 26.3 Å². The fraction of sp³-hybridized carbons (Fsp3) is 0.409. The molecular weight excluding hydrogens is 296 g/mol. The van der Waals surface area contributed by atoms with Gasteiger partial charge in [0.2, 0.25) is 0 Å². The zero-order valence-corrected chi connectivity index (χ0v) is 14.5. The Balaban J connectivity index is 1.51. The first-order chi connectivity index (χ1) is 11.7. The van der Waals surface area contributed by atoms with E-state index in [-0.39, 0.29) is 5.97 Å². The van der Waals surface area contributed by atoms with Crippen LogP contribution < -0.4 is 0 Å². The van der Waals surface area contributed by atoms with Crippen LogP contribution in [0.25, 0.3) is 11.1 Å². The number of carbonyl (C=O) groups is 1. The molecule has 0 atom stereocenters. The van der Waals surface area contributed by atoms with Crippen molar-refractivity contribution in [1.82, 2.24) is 0 Å². The van der Waals surface area contributed by atoms with Crippen LogP contribution in [0.1, 0.15) is 43.2 Å². The molecule has 0 aliphatic heterocycles. The van der Waals surface area contributed by atoms with Crippen LogP contribution in [0.5, 0.6) is 0 Å². The molecule has 3 rings (SSSR count). The molecule has 0 unspecified atom stereocenters. The average Bonchev–Trinajstić information content (AvgIpc) is 2.62. The van der Waals surface area contributed by atoms with Crippen molar-refractivity contribution in [2.45, 2.75) is 45.4 Å². The van der Waals surface area contributed by atoms with Gasteiger partial charge in [0, 0.05) is 0 Å². The van der Waals surface area contributed by atoms with Gasteiger partial charge in [-0.25, -0.2) is 0 Å². The Bertz CT molecular complexity index is 649. The molecule has 0 saturated heterocycles. The maximum Gasteiger partial charge on any atom is 0.310 e. The third kappa shape index (κ3) is 4.70. The van der Waals surface area contributed by atoms with Crippen molar-refractivity contribution in [1.29, 1.82) is 0 Å². The lowest BCUT2D eigenvalue weighted by Gasteiger charge is -2.21. The van der Waals surface area contributed by atoms with E-state index in [0.29, 0.717) is 18.9 Å². The number of hydrogen-bond donors (Lipinski definition) is 0. The number of rotatable bonds is 5. The lowest BCUT2D eigenvalue weighted by molar-refractivity contribution is -0.144. The minimum atomic E-state index is -0.108. The van der Waals surface area contributed by atoms with Crippen molar-refractivity contribution in [2.24, 2.45) is 5.92 Å². The van der Waals surface area contributed by atoms with Crippen molar-refractivity contribution < 1.29 is 9.53 Å². The Kier molecular flexibility index (Phi) is 5.68. The fourth-order valence-corrected chi connectivity index (χ4v) is 3.34. The highest BCUT2D eigenvalue weighted by Crippen LogP contribution is 2.24. The molecule has 0 amide bonds. The molecule has 0 aromatic heterocycles. The maximum absolute atomic E-state index is 12.0. The molecule has 1 aliphatic carbocycles. The molecule has 1 aliphatic rings. The van der Waals surface area contributed by atoms with E-state index in [9.17, 15) is 4.79 Å². The van der Waals surface area contributed by atoms with Crippen LogP contribution >= 0.6 is 0 Å². The summed E-state index contributed by atoms with van der Waals surface area (Å²) in [6.07, 6.45) is 6.67. The molecule has 0 spiro atoms. The van der Waals surface area contributed by atoms with Crippen LogP contribution in [0.15, 0.2) is 48.5 Å². The Morgan fingerprint density at radius 2 is 1.50 bits per heavy atom. The SMILES string of the molecule is Cc1ccc(-c2ccc(CC(=O)OCC3CCCCC3)cc2)cc1. The molecule has 0 heterocycles.